The quantitative estimate of drug-likeness (QED) is 0.459. The van der Waals surface area contributed by atoms with E-state index in [0.29, 0.717) is 11.1 Å². The fourth-order valence-electron chi connectivity index (χ4n) is 2.62. The van der Waals surface area contributed by atoms with Crippen molar-refractivity contribution in [3.63, 3.8) is 0 Å². The predicted molar refractivity (Wildman–Crippen MR) is 111 cm³/mol. The maximum Gasteiger partial charge on any atom is 0.418 e. The van der Waals surface area contributed by atoms with Gasteiger partial charge in [-0.2, -0.15) is 13.2 Å². The van der Waals surface area contributed by atoms with E-state index in [0.717, 1.165) is 29.9 Å². The van der Waals surface area contributed by atoms with E-state index in [-0.39, 0.29) is 28.5 Å². The number of ketones is 1. The molecule has 3 rings (SSSR count). The summed E-state index contributed by atoms with van der Waals surface area (Å²) in [5.74, 6) is -3.26. The molecule has 0 aromatic carbocycles. The molecule has 0 aliphatic rings. The summed E-state index contributed by atoms with van der Waals surface area (Å²) in [6.45, 7) is 1.67. The molecule has 0 radical (unpaired) electrons. The lowest BCUT2D eigenvalue weighted by atomic mass is 10.0. The molecule has 0 aliphatic heterocycles. The zero-order valence-corrected chi connectivity index (χ0v) is 18.1. The van der Waals surface area contributed by atoms with Crippen LogP contribution in [0, 0.1) is 0 Å². The Morgan fingerprint density at radius 2 is 1.82 bits per heavy atom. The number of thiazole rings is 1. The van der Waals surface area contributed by atoms with Crippen molar-refractivity contribution in [2.45, 2.75) is 25.4 Å². The first-order valence-electron chi connectivity index (χ1n) is 9.04. The van der Waals surface area contributed by atoms with Crippen LogP contribution in [0.2, 0.25) is 5.02 Å². The highest BCUT2D eigenvalue weighted by Crippen LogP contribution is 2.35. The average Bonchev–Trinajstić information content (AvgIpc) is 3.25. The highest BCUT2D eigenvalue weighted by atomic mass is 35.5. The summed E-state index contributed by atoms with van der Waals surface area (Å²) in [6.07, 6.45) is -1.80. The van der Waals surface area contributed by atoms with Gasteiger partial charge < -0.3 is 10.4 Å². The van der Waals surface area contributed by atoms with E-state index in [4.69, 9.17) is 16.7 Å². The maximum absolute atomic E-state index is 13.0. The van der Waals surface area contributed by atoms with E-state index < -0.39 is 40.3 Å². The number of carboxylic acid groups (broad SMARTS) is 1. The number of pyridine rings is 1. The Morgan fingerprint density at radius 1 is 1.12 bits per heavy atom. The van der Waals surface area contributed by atoms with E-state index in [1.807, 2.05) is 0 Å². The second-order valence-corrected chi connectivity index (χ2v) is 8.16. The van der Waals surface area contributed by atoms with Gasteiger partial charge in [0.25, 0.3) is 5.91 Å². The third-order valence-corrected chi connectivity index (χ3v) is 5.76. The van der Waals surface area contributed by atoms with Gasteiger partial charge in [-0.1, -0.05) is 18.5 Å². The number of rotatable bonds is 7. The topological polar surface area (TPSA) is 135 Å². The summed E-state index contributed by atoms with van der Waals surface area (Å²) in [4.78, 5) is 51.0. The summed E-state index contributed by atoms with van der Waals surface area (Å²) in [5, 5.41) is 11.0. The van der Waals surface area contributed by atoms with Crippen molar-refractivity contribution >= 4 is 46.4 Å². The summed E-state index contributed by atoms with van der Waals surface area (Å²) in [5.41, 5.74) is -1.53. The van der Waals surface area contributed by atoms with Gasteiger partial charge in [0.05, 0.1) is 21.8 Å². The molecule has 1 amide bonds. The van der Waals surface area contributed by atoms with Gasteiger partial charge in [0.1, 0.15) is 22.7 Å². The molecule has 1 atom stereocenters. The lowest BCUT2D eigenvalue weighted by Crippen LogP contribution is -2.13. The third-order valence-electron chi connectivity index (χ3n) is 4.23. The highest BCUT2D eigenvalue weighted by Gasteiger charge is 2.34. The molecule has 3 heterocycles. The molecular formula is C19H13ClF3N5O4S. The van der Waals surface area contributed by atoms with Crippen LogP contribution in [0.5, 0.6) is 0 Å². The van der Waals surface area contributed by atoms with Crippen LogP contribution in [0.1, 0.15) is 60.5 Å². The lowest BCUT2D eigenvalue weighted by molar-refractivity contribution is -0.137. The summed E-state index contributed by atoms with van der Waals surface area (Å²) in [6, 6.07) is 1.68. The minimum Gasteiger partial charge on any atom is -0.477 e. The van der Waals surface area contributed by atoms with Crippen LogP contribution in [0.4, 0.5) is 19.0 Å². The first kappa shape index (κ1) is 24.2. The van der Waals surface area contributed by atoms with E-state index in [1.54, 1.807) is 6.92 Å². The van der Waals surface area contributed by atoms with Gasteiger partial charge in [0.2, 0.25) is 0 Å². The molecule has 3 aromatic heterocycles. The number of carbonyl (C=O) groups excluding carboxylic acids is 2. The van der Waals surface area contributed by atoms with Gasteiger partial charge in [0, 0.05) is 24.6 Å². The summed E-state index contributed by atoms with van der Waals surface area (Å²) >= 11 is 6.46. The number of carbonyl (C=O) groups is 3. The van der Waals surface area contributed by atoms with Gasteiger partial charge in [-0.15, -0.1) is 11.3 Å². The number of anilines is 1. The number of nitrogens with one attached hydrogen (secondary N) is 1. The van der Waals surface area contributed by atoms with E-state index >= 15 is 0 Å². The van der Waals surface area contributed by atoms with Crippen LogP contribution in [0.15, 0.2) is 30.9 Å². The molecule has 0 saturated heterocycles. The van der Waals surface area contributed by atoms with E-state index in [9.17, 15) is 27.6 Å². The molecule has 2 N–H and O–H groups in total. The number of carboxylic acids is 1. The third kappa shape index (κ3) is 5.87. The highest BCUT2D eigenvalue weighted by molar-refractivity contribution is 7.13. The van der Waals surface area contributed by atoms with Crippen molar-refractivity contribution in [1.82, 2.24) is 19.9 Å². The number of nitrogens with zero attached hydrogens (tertiary/aromatic N) is 4. The van der Waals surface area contributed by atoms with Crippen LogP contribution in [-0.2, 0) is 6.18 Å². The lowest BCUT2D eigenvalue weighted by Gasteiger charge is -2.10. The minimum absolute atomic E-state index is 0.0711. The number of amides is 1. The van der Waals surface area contributed by atoms with Crippen molar-refractivity contribution in [3.05, 3.63) is 62.7 Å². The van der Waals surface area contributed by atoms with Gasteiger partial charge in [-0.05, 0) is 6.07 Å². The molecule has 14 heteroatoms. The van der Waals surface area contributed by atoms with Crippen molar-refractivity contribution in [2.75, 3.05) is 5.32 Å². The smallest absolute Gasteiger partial charge is 0.418 e. The fourth-order valence-corrected chi connectivity index (χ4v) is 3.69. The molecule has 0 saturated carbocycles. The number of aromatic carboxylic acids is 1. The van der Waals surface area contributed by atoms with Gasteiger partial charge in [0.15, 0.2) is 11.5 Å². The molecule has 9 nitrogen and oxygen atoms in total. The zero-order valence-electron chi connectivity index (χ0n) is 16.6. The number of Topliss-reactive ketones (excluding diaryl/α,β-unsaturated/α-hetero) is 1. The molecule has 0 fully saturated rings. The molecule has 1 unspecified atom stereocenters. The Morgan fingerprint density at radius 3 is 2.48 bits per heavy atom. The molecule has 0 aliphatic carbocycles. The average molecular weight is 500 g/mol. The Bertz CT molecular complexity index is 1230. The van der Waals surface area contributed by atoms with Crippen LogP contribution < -0.4 is 5.32 Å². The summed E-state index contributed by atoms with van der Waals surface area (Å²) in [7, 11) is 0. The van der Waals surface area contributed by atoms with Crippen LogP contribution in [0.25, 0.3) is 0 Å². The van der Waals surface area contributed by atoms with Crippen LogP contribution in [0.3, 0.4) is 0 Å². The Kier molecular flexibility index (Phi) is 7.03. The predicted octanol–water partition coefficient (Wildman–Crippen LogP) is 4.33. The molecule has 3 aromatic rings. The van der Waals surface area contributed by atoms with Crippen molar-refractivity contribution < 1.29 is 32.7 Å². The minimum atomic E-state index is -4.71. The number of aromatic nitrogens is 4. The van der Waals surface area contributed by atoms with E-state index in [2.05, 4.69) is 25.3 Å². The molecule has 0 bridgehead atoms. The Balaban J connectivity index is 1.69. The SMILES string of the molecule is CC(CC(=O)c1cc(C(=O)O)ncn1)c1ncc(C(=O)Nc2cc(C(F)(F)F)c(Cl)cn2)s1. The molecular weight excluding hydrogens is 487 g/mol. The fraction of sp³-hybridized carbons (Fsp3) is 0.211. The molecule has 172 valence electrons. The zero-order chi connectivity index (χ0) is 24.3. The Hall–Kier alpha value is -3.45. The van der Waals surface area contributed by atoms with E-state index in [1.165, 1.54) is 6.20 Å². The standard InChI is InChI=1S/C19H13ClF3N5O4S/c1-8(2-13(29)11-4-12(18(31)32)27-7-26-11)17-25-6-14(33-17)16(30)28-15-3-9(19(21,22)23)10(20)5-24-15/h3-8H,2H2,1H3,(H,31,32)(H,24,28,30). The summed E-state index contributed by atoms with van der Waals surface area (Å²) < 4.78 is 38.9. The van der Waals surface area contributed by atoms with Crippen molar-refractivity contribution in [1.29, 1.82) is 0 Å². The van der Waals surface area contributed by atoms with Gasteiger partial charge in [-0.25, -0.2) is 24.7 Å². The van der Waals surface area contributed by atoms with Crippen molar-refractivity contribution in [3.8, 4) is 0 Å². The number of halogens is 4. The molecule has 0 spiro atoms. The number of alkyl halides is 3. The molecule has 33 heavy (non-hydrogen) atoms. The normalized spacial score (nSPS) is 12.3. The monoisotopic (exact) mass is 499 g/mol. The number of hydrogen-bond donors (Lipinski definition) is 2. The maximum atomic E-state index is 13.0. The first-order valence-corrected chi connectivity index (χ1v) is 10.2. The van der Waals surface area contributed by atoms with Crippen LogP contribution >= 0.6 is 22.9 Å². The Labute approximate surface area is 192 Å². The second kappa shape index (κ2) is 9.58. The largest absolute Gasteiger partial charge is 0.477 e. The second-order valence-electron chi connectivity index (χ2n) is 6.69. The first-order chi connectivity index (χ1) is 15.5. The number of hydrogen-bond acceptors (Lipinski definition) is 8. The van der Waals surface area contributed by atoms with Crippen molar-refractivity contribution in [2.24, 2.45) is 0 Å². The van der Waals surface area contributed by atoms with Crippen LogP contribution in [-0.4, -0.2) is 42.7 Å². The van der Waals surface area contributed by atoms with Gasteiger partial charge >= 0.3 is 12.1 Å². The van der Waals surface area contributed by atoms with Gasteiger partial charge in [-0.3, -0.25) is 9.59 Å².